The minimum atomic E-state index is -0.185. The molecular formula is C14H26N2O3. The molecule has 0 radical (unpaired) electrons. The van der Waals surface area contributed by atoms with Crippen molar-refractivity contribution in [1.29, 1.82) is 0 Å². The van der Waals surface area contributed by atoms with Gasteiger partial charge in [0.15, 0.2) is 0 Å². The molecule has 0 aromatic rings. The van der Waals surface area contributed by atoms with Crippen molar-refractivity contribution in [2.45, 2.75) is 58.0 Å². The summed E-state index contributed by atoms with van der Waals surface area (Å²) in [5.74, 6) is -0.174. The molecule has 19 heavy (non-hydrogen) atoms. The highest BCUT2D eigenvalue weighted by Gasteiger charge is 2.40. The summed E-state index contributed by atoms with van der Waals surface area (Å²) in [5.41, 5.74) is 6.15. The molecule has 0 heterocycles. The maximum absolute atomic E-state index is 11.6. The molecule has 1 saturated carbocycles. The second-order valence-corrected chi connectivity index (χ2v) is 5.47. The molecule has 1 amide bonds. The van der Waals surface area contributed by atoms with Crippen LogP contribution in [0, 0.1) is 11.8 Å². The van der Waals surface area contributed by atoms with E-state index in [1.807, 2.05) is 0 Å². The SMILES string of the molecule is CCCCC(NC(C)=O)[C@@H]1C[C@@H](C(=O)OC)C[C@H]1N. The number of hydrogen-bond donors (Lipinski definition) is 2. The summed E-state index contributed by atoms with van der Waals surface area (Å²) in [5, 5.41) is 2.99. The molecule has 1 fully saturated rings. The van der Waals surface area contributed by atoms with Gasteiger partial charge in [-0.15, -0.1) is 0 Å². The van der Waals surface area contributed by atoms with Crippen LogP contribution in [0.5, 0.6) is 0 Å². The van der Waals surface area contributed by atoms with Crippen LogP contribution in [-0.4, -0.2) is 31.1 Å². The summed E-state index contributed by atoms with van der Waals surface area (Å²) in [4.78, 5) is 22.9. The number of amides is 1. The van der Waals surface area contributed by atoms with Gasteiger partial charge in [0.05, 0.1) is 13.0 Å². The first-order valence-electron chi connectivity index (χ1n) is 7.10. The Hall–Kier alpha value is -1.10. The van der Waals surface area contributed by atoms with E-state index >= 15 is 0 Å². The predicted molar refractivity (Wildman–Crippen MR) is 73.3 cm³/mol. The van der Waals surface area contributed by atoms with E-state index in [2.05, 4.69) is 12.2 Å². The summed E-state index contributed by atoms with van der Waals surface area (Å²) in [6.45, 7) is 3.65. The number of carbonyl (C=O) groups excluding carboxylic acids is 2. The number of unbranched alkanes of at least 4 members (excludes halogenated alkanes) is 1. The summed E-state index contributed by atoms with van der Waals surface area (Å²) in [6, 6.07) is 0.0277. The molecule has 1 aliphatic rings. The topological polar surface area (TPSA) is 81.4 Å². The smallest absolute Gasteiger partial charge is 0.308 e. The van der Waals surface area contributed by atoms with Gasteiger partial charge in [0.1, 0.15) is 0 Å². The molecule has 5 heteroatoms. The summed E-state index contributed by atoms with van der Waals surface area (Å²) < 4.78 is 4.79. The first-order valence-corrected chi connectivity index (χ1v) is 7.10. The number of methoxy groups -OCH3 is 1. The molecule has 0 spiro atoms. The van der Waals surface area contributed by atoms with Crippen LogP contribution in [0.25, 0.3) is 0 Å². The molecule has 110 valence electrons. The zero-order chi connectivity index (χ0) is 14.4. The third-order valence-electron chi connectivity index (χ3n) is 3.97. The molecule has 1 aliphatic carbocycles. The molecule has 0 aromatic heterocycles. The fraction of sp³-hybridized carbons (Fsp3) is 0.857. The zero-order valence-electron chi connectivity index (χ0n) is 12.1. The van der Waals surface area contributed by atoms with E-state index in [-0.39, 0.29) is 35.8 Å². The van der Waals surface area contributed by atoms with Gasteiger partial charge >= 0.3 is 5.97 Å². The fourth-order valence-corrected chi connectivity index (χ4v) is 3.00. The number of carbonyl (C=O) groups is 2. The van der Waals surface area contributed by atoms with Crippen molar-refractivity contribution in [1.82, 2.24) is 5.32 Å². The van der Waals surface area contributed by atoms with Crippen molar-refractivity contribution in [2.75, 3.05) is 7.11 Å². The molecule has 5 nitrogen and oxygen atoms in total. The number of rotatable bonds is 6. The van der Waals surface area contributed by atoms with Gasteiger partial charge in [-0.2, -0.15) is 0 Å². The van der Waals surface area contributed by atoms with E-state index in [0.29, 0.717) is 12.8 Å². The van der Waals surface area contributed by atoms with Gasteiger partial charge < -0.3 is 15.8 Å². The number of nitrogens with one attached hydrogen (secondary N) is 1. The van der Waals surface area contributed by atoms with E-state index in [9.17, 15) is 9.59 Å². The van der Waals surface area contributed by atoms with Gasteiger partial charge in [0, 0.05) is 19.0 Å². The van der Waals surface area contributed by atoms with Crippen molar-refractivity contribution in [3.05, 3.63) is 0 Å². The van der Waals surface area contributed by atoms with Gasteiger partial charge in [0.2, 0.25) is 5.91 Å². The van der Waals surface area contributed by atoms with Crippen molar-refractivity contribution < 1.29 is 14.3 Å². The van der Waals surface area contributed by atoms with Gasteiger partial charge in [-0.25, -0.2) is 0 Å². The van der Waals surface area contributed by atoms with Crippen LogP contribution < -0.4 is 11.1 Å². The molecular weight excluding hydrogens is 244 g/mol. The first-order chi connectivity index (χ1) is 8.99. The van der Waals surface area contributed by atoms with E-state index < -0.39 is 0 Å². The Morgan fingerprint density at radius 3 is 2.63 bits per heavy atom. The third kappa shape index (κ3) is 4.49. The van der Waals surface area contributed by atoms with Gasteiger partial charge in [-0.3, -0.25) is 9.59 Å². The molecule has 3 N–H and O–H groups in total. The monoisotopic (exact) mass is 270 g/mol. The highest BCUT2D eigenvalue weighted by molar-refractivity contribution is 5.74. The second kappa shape index (κ2) is 7.48. The Morgan fingerprint density at radius 1 is 1.42 bits per heavy atom. The third-order valence-corrected chi connectivity index (χ3v) is 3.97. The molecule has 0 saturated heterocycles. The van der Waals surface area contributed by atoms with Crippen molar-refractivity contribution in [2.24, 2.45) is 17.6 Å². The van der Waals surface area contributed by atoms with Crippen LogP contribution in [0.4, 0.5) is 0 Å². The maximum atomic E-state index is 11.6. The Labute approximate surface area is 115 Å². The van der Waals surface area contributed by atoms with Gasteiger partial charge in [-0.05, 0) is 25.2 Å². The quantitative estimate of drug-likeness (QED) is 0.711. The lowest BCUT2D eigenvalue weighted by Gasteiger charge is -2.27. The van der Waals surface area contributed by atoms with Crippen LogP contribution in [0.15, 0.2) is 0 Å². The lowest BCUT2D eigenvalue weighted by Crippen LogP contribution is -2.44. The predicted octanol–water partition coefficient (Wildman–Crippen LogP) is 1.21. The Kier molecular flexibility index (Phi) is 6.28. The van der Waals surface area contributed by atoms with E-state index in [4.69, 9.17) is 10.5 Å². The second-order valence-electron chi connectivity index (χ2n) is 5.47. The first kappa shape index (κ1) is 16.0. The standard InChI is InChI=1S/C14H26N2O3/c1-4-5-6-13(16-9(2)17)11-7-10(8-12(11)15)14(18)19-3/h10-13H,4-8,15H2,1-3H3,(H,16,17)/t10-,11-,12-,13?/m1/s1. The molecule has 0 aliphatic heterocycles. The number of hydrogen-bond acceptors (Lipinski definition) is 4. The number of nitrogens with two attached hydrogens (primary N) is 1. The van der Waals surface area contributed by atoms with Crippen molar-refractivity contribution in [3.8, 4) is 0 Å². The highest BCUT2D eigenvalue weighted by Crippen LogP contribution is 2.34. The van der Waals surface area contributed by atoms with E-state index in [1.165, 1.54) is 14.0 Å². The number of esters is 1. The largest absolute Gasteiger partial charge is 0.469 e. The molecule has 1 unspecified atom stereocenters. The Bertz CT molecular complexity index is 320. The van der Waals surface area contributed by atoms with Crippen LogP contribution in [0.2, 0.25) is 0 Å². The van der Waals surface area contributed by atoms with Crippen LogP contribution >= 0.6 is 0 Å². The average molecular weight is 270 g/mol. The maximum Gasteiger partial charge on any atom is 0.308 e. The average Bonchev–Trinajstić information content (AvgIpc) is 2.75. The van der Waals surface area contributed by atoms with Gasteiger partial charge in [0.25, 0.3) is 0 Å². The highest BCUT2D eigenvalue weighted by atomic mass is 16.5. The lowest BCUT2D eigenvalue weighted by atomic mass is 9.90. The normalized spacial score (nSPS) is 27.9. The molecule has 0 aromatic carbocycles. The molecule has 0 bridgehead atoms. The lowest BCUT2D eigenvalue weighted by molar-refractivity contribution is -0.145. The van der Waals surface area contributed by atoms with E-state index in [1.54, 1.807) is 0 Å². The van der Waals surface area contributed by atoms with Crippen molar-refractivity contribution in [3.63, 3.8) is 0 Å². The zero-order valence-corrected chi connectivity index (χ0v) is 12.1. The van der Waals surface area contributed by atoms with E-state index in [0.717, 1.165) is 19.3 Å². The fourth-order valence-electron chi connectivity index (χ4n) is 3.00. The summed E-state index contributed by atoms with van der Waals surface area (Å²) >= 11 is 0. The summed E-state index contributed by atoms with van der Waals surface area (Å²) in [6.07, 6.45) is 4.42. The van der Waals surface area contributed by atoms with Crippen LogP contribution in [0.1, 0.15) is 46.0 Å². The van der Waals surface area contributed by atoms with Crippen LogP contribution in [0.3, 0.4) is 0 Å². The minimum absolute atomic E-state index is 0.0326. The van der Waals surface area contributed by atoms with Crippen molar-refractivity contribution >= 4 is 11.9 Å². The summed E-state index contributed by atoms with van der Waals surface area (Å²) in [7, 11) is 1.41. The van der Waals surface area contributed by atoms with Crippen LogP contribution in [-0.2, 0) is 14.3 Å². The minimum Gasteiger partial charge on any atom is -0.469 e. The number of ether oxygens (including phenoxy) is 1. The molecule has 1 rings (SSSR count). The Morgan fingerprint density at radius 2 is 2.11 bits per heavy atom. The Balaban J connectivity index is 2.67. The van der Waals surface area contributed by atoms with Gasteiger partial charge in [-0.1, -0.05) is 19.8 Å². The molecule has 4 atom stereocenters.